The first kappa shape index (κ1) is 18.2. The Bertz CT molecular complexity index is 1020. The van der Waals surface area contributed by atoms with E-state index < -0.39 is 0 Å². The van der Waals surface area contributed by atoms with Crippen LogP contribution in [0.25, 0.3) is 5.52 Å². The molecule has 0 radical (unpaired) electrons. The van der Waals surface area contributed by atoms with E-state index in [4.69, 9.17) is 9.73 Å². The average molecular weight is 381 g/mol. The van der Waals surface area contributed by atoms with Crippen LogP contribution in [0.15, 0.2) is 58.1 Å². The minimum atomic E-state index is 0.0700. The van der Waals surface area contributed by atoms with Crippen LogP contribution in [0.3, 0.4) is 0 Å². The molecule has 4 rings (SSSR count). The molecule has 0 saturated carbocycles. The maximum Gasteiger partial charge on any atom is 0.175 e. The van der Waals surface area contributed by atoms with E-state index in [2.05, 4.69) is 36.6 Å². The molecule has 3 heterocycles. The van der Waals surface area contributed by atoms with Crippen molar-refractivity contribution in [2.45, 2.75) is 0 Å². The third kappa shape index (κ3) is 3.77. The van der Waals surface area contributed by atoms with Gasteiger partial charge in [0.25, 0.3) is 0 Å². The first-order valence-electron chi connectivity index (χ1n) is 9.31. The van der Waals surface area contributed by atoms with Gasteiger partial charge in [-0.1, -0.05) is 6.07 Å². The molecule has 0 fully saturated rings. The lowest BCUT2D eigenvalue weighted by atomic mass is 10.1. The van der Waals surface area contributed by atoms with Gasteiger partial charge >= 0.3 is 0 Å². The van der Waals surface area contributed by atoms with E-state index >= 15 is 0 Å². The highest BCUT2D eigenvalue weighted by Gasteiger charge is 2.22. The number of hydrogen-bond acceptors (Lipinski definition) is 6. The average Bonchev–Trinajstić information content (AvgIpc) is 2.99. The number of aliphatic hydroxyl groups is 1. The van der Waals surface area contributed by atoms with Crippen molar-refractivity contribution in [3.05, 3.63) is 48.1 Å². The van der Waals surface area contributed by atoms with Crippen LogP contribution in [0.1, 0.15) is 0 Å². The number of ether oxygens (including phenoxy) is 1. The molecule has 2 aliphatic rings. The number of anilines is 1. The number of nitrogens with one attached hydrogen (secondary N) is 1. The molecule has 0 aromatic carbocycles. The lowest BCUT2D eigenvalue weighted by molar-refractivity contribution is -0.868. The molecular weight excluding hydrogens is 356 g/mol. The van der Waals surface area contributed by atoms with Crippen molar-refractivity contribution in [2.75, 3.05) is 52.7 Å². The fraction of sp³-hybridized carbons (Fsp3) is 0.350. The van der Waals surface area contributed by atoms with Gasteiger partial charge in [0.15, 0.2) is 5.82 Å². The van der Waals surface area contributed by atoms with Gasteiger partial charge in [-0.25, -0.2) is 9.51 Å². The fourth-order valence-corrected chi connectivity index (χ4v) is 3.04. The Morgan fingerprint density at radius 3 is 2.96 bits per heavy atom. The van der Waals surface area contributed by atoms with Gasteiger partial charge in [-0.2, -0.15) is 0 Å². The third-order valence-electron chi connectivity index (χ3n) is 4.51. The highest BCUT2D eigenvalue weighted by Crippen LogP contribution is 2.31. The summed E-state index contributed by atoms with van der Waals surface area (Å²) in [6, 6.07) is 5.82. The number of nitrogens with zero attached hydrogens (tertiary/aromatic N) is 5. The van der Waals surface area contributed by atoms with Crippen molar-refractivity contribution in [1.82, 2.24) is 9.61 Å². The molecule has 0 unspecified atom stereocenters. The predicted octanol–water partition coefficient (Wildman–Crippen LogP) is 2.34. The number of fused-ring (bicyclic) bond motifs is 2. The van der Waals surface area contributed by atoms with Gasteiger partial charge in [0.1, 0.15) is 35.2 Å². The largest absolute Gasteiger partial charge is 0.506 e. The summed E-state index contributed by atoms with van der Waals surface area (Å²) in [5.74, 6) is 1.39. The van der Waals surface area contributed by atoms with Gasteiger partial charge in [-0.15, -0.1) is 5.10 Å². The Morgan fingerprint density at radius 2 is 2.14 bits per heavy atom. The molecule has 0 amide bonds. The van der Waals surface area contributed by atoms with E-state index in [9.17, 15) is 5.11 Å². The summed E-state index contributed by atoms with van der Waals surface area (Å²) in [5.41, 5.74) is 2.64. The molecule has 1 aliphatic heterocycles. The predicted molar refractivity (Wildman–Crippen MR) is 111 cm³/mol. The van der Waals surface area contributed by atoms with Crippen LogP contribution in [0.5, 0.6) is 0 Å². The monoisotopic (exact) mass is 381 g/mol. The standard InChI is InChI=1S/C20H24N6O2/c1-26(2,3)10-7-22-20-19(16-6-4-5-9-25(16)24-20)23-14-13-18-15(12-17(14)27)21-8-11-28-18/h4-6,9,12-13H,7-8,10-11H2,1-3H3,(H-,21,22,24,27)/p+1/b23-14+. The molecule has 0 bridgehead atoms. The van der Waals surface area contributed by atoms with Crippen LogP contribution >= 0.6 is 0 Å². The van der Waals surface area contributed by atoms with Gasteiger partial charge in [0.2, 0.25) is 0 Å². The molecule has 146 valence electrons. The summed E-state index contributed by atoms with van der Waals surface area (Å²) in [6.45, 7) is 2.82. The molecular formula is C20H25N6O2+. The quantitative estimate of drug-likeness (QED) is 0.615. The van der Waals surface area contributed by atoms with Crippen LogP contribution in [-0.4, -0.2) is 78.0 Å². The molecule has 8 nitrogen and oxygen atoms in total. The van der Waals surface area contributed by atoms with E-state index in [1.165, 1.54) is 0 Å². The number of pyridine rings is 1. The summed E-state index contributed by atoms with van der Waals surface area (Å²) >= 11 is 0. The van der Waals surface area contributed by atoms with Gasteiger partial charge in [0.05, 0.1) is 46.3 Å². The Labute approximate surface area is 163 Å². The molecule has 2 aromatic heterocycles. The van der Waals surface area contributed by atoms with Crippen LogP contribution in [0, 0.1) is 0 Å². The molecule has 1 aliphatic carbocycles. The second-order valence-corrected chi connectivity index (χ2v) is 7.82. The fourth-order valence-electron chi connectivity index (χ4n) is 3.04. The molecule has 0 atom stereocenters. The molecule has 2 N–H and O–H groups in total. The number of likely N-dealkylation sites (N-methyl/N-ethyl adjacent to an activating group) is 1. The topological polar surface area (TPSA) is 83.5 Å². The zero-order valence-corrected chi connectivity index (χ0v) is 16.4. The van der Waals surface area contributed by atoms with Crippen molar-refractivity contribution in [3.8, 4) is 0 Å². The lowest BCUT2D eigenvalue weighted by Crippen LogP contribution is -2.38. The van der Waals surface area contributed by atoms with Crippen LogP contribution in [0.2, 0.25) is 0 Å². The summed E-state index contributed by atoms with van der Waals surface area (Å²) in [6.07, 6.45) is 5.22. The summed E-state index contributed by atoms with van der Waals surface area (Å²) in [4.78, 5) is 9.10. The van der Waals surface area contributed by atoms with Gasteiger partial charge < -0.3 is 19.6 Å². The number of aromatic nitrogens is 2. The second-order valence-electron chi connectivity index (χ2n) is 7.82. The molecule has 0 saturated heterocycles. The van der Waals surface area contributed by atoms with E-state index in [0.717, 1.165) is 23.1 Å². The number of quaternary nitrogens is 1. The van der Waals surface area contributed by atoms with Crippen LogP contribution in [-0.2, 0) is 4.74 Å². The van der Waals surface area contributed by atoms with Gasteiger partial charge in [-0.3, -0.25) is 4.99 Å². The second kappa shape index (κ2) is 7.12. The number of aliphatic hydroxyl groups excluding tert-OH is 1. The molecule has 8 heteroatoms. The van der Waals surface area contributed by atoms with Crippen molar-refractivity contribution < 1.29 is 14.3 Å². The lowest BCUT2D eigenvalue weighted by Gasteiger charge is -2.23. The maximum absolute atomic E-state index is 10.5. The smallest absolute Gasteiger partial charge is 0.175 e. The number of hydrogen-bond donors (Lipinski definition) is 2. The van der Waals surface area contributed by atoms with E-state index in [-0.39, 0.29) is 5.76 Å². The van der Waals surface area contributed by atoms with Crippen molar-refractivity contribution >= 4 is 28.4 Å². The number of aliphatic imine (C=N–C) groups is 2. The summed E-state index contributed by atoms with van der Waals surface area (Å²) in [7, 11) is 6.44. The maximum atomic E-state index is 10.5. The Hall–Kier alpha value is -3.13. The van der Waals surface area contributed by atoms with Crippen molar-refractivity contribution in [2.24, 2.45) is 9.98 Å². The van der Waals surface area contributed by atoms with Crippen LogP contribution in [0.4, 0.5) is 11.5 Å². The van der Waals surface area contributed by atoms with E-state index in [1.807, 2.05) is 24.4 Å². The van der Waals surface area contributed by atoms with Gasteiger partial charge in [0, 0.05) is 18.3 Å². The third-order valence-corrected chi connectivity index (χ3v) is 4.51. The van der Waals surface area contributed by atoms with Gasteiger partial charge in [-0.05, 0) is 12.1 Å². The molecule has 0 spiro atoms. The Balaban J connectivity index is 1.72. The molecule has 2 aromatic rings. The Kier molecular flexibility index (Phi) is 4.64. The zero-order chi connectivity index (χ0) is 19.7. The Morgan fingerprint density at radius 1 is 1.29 bits per heavy atom. The number of rotatable bonds is 5. The summed E-state index contributed by atoms with van der Waals surface area (Å²) in [5, 5.41) is 18.5. The first-order valence-corrected chi connectivity index (χ1v) is 9.31. The highest BCUT2D eigenvalue weighted by molar-refractivity contribution is 6.22. The van der Waals surface area contributed by atoms with E-state index in [0.29, 0.717) is 41.8 Å². The van der Waals surface area contributed by atoms with E-state index in [1.54, 1.807) is 16.7 Å². The van der Waals surface area contributed by atoms with Crippen LogP contribution < -0.4 is 5.32 Å². The molecule has 28 heavy (non-hydrogen) atoms. The first-order chi connectivity index (χ1) is 13.4. The summed E-state index contributed by atoms with van der Waals surface area (Å²) < 4.78 is 8.29. The highest BCUT2D eigenvalue weighted by atomic mass is 16.5. The normalized spacial score (nSPS) is 18.2. The number of allylic oxidation sites excluding steroid dienone is 2. The minimum Gasteiger partial charge on any atom is -0.506 e. The minimum absolute atomic E-state index is 0.0700. The SMILES string of the molecule is C[N+](C)(C)CCNc1nn2ccccc2c1/N=C1\C=C2OCCN=C2C=C1O. The zero-order valence-electron chi connectivity index (χ0n) is 16.4. The van der Waals surface area contributed by atoms with Crippen molar-refractivity contribution in [1.29, 1.82) is 0 Å². The van der Waals surface area contributed by atoms with Crippen molar-refractivity contribution in [3.63, 3.8) is 0 Å².